The van der Waals surface area contributed by atoms with Crippen molar-refractivity contribution in [1.29, 1.82) is 5.26 Å². The predicted octanol–water partition coefficient (Wildman–Crippen LogP) is 1.87. The van der Waals surface area contributed by atoms with Crippen LogP contribution in [0.25, 0.3) is 5.69 Å². The van der Waals surface area contributed by atoms with Gasteiger partial charge in [-0.25, -0.2) is 4.79 Å². The molecule has 0 aliphatic carbocycles. The fourth-order valence-electron chi connectivity index (χ4n) is 1.73. The Morgan fingerprint density at radius 2 is 2.10 bits per heavy atom. The number of para-hydroxylation sites is 1. The highest BCUT2D eigenvalue weighted by Gasteiger charge is 2.20. The molecule has 0 atom stereocenters. The van der Waals surface area contributed by atoms with Crippen LogP contribution in [0.15, 0.2) is 33.5 Å². The molecule has 7 heteroatoms. The van der Waals surface area contributed by atoms with E-state index < -0.39 is 11.5 Å². The van der Waals surface area contributed by atoms with Crippen LogP contribution in [0.2, 0.25) is 0 Å². The third-order valence-corrected chi connectivity index (χ3v) is 3.40. The van der Waals surface area contributed by atoms with Gasteiger partial charge in [-0.3, -0.25) is 4.79 Å². The Bertz CT molecular complexity index is 805. The van der Waals surface area contributed by atoms with Gasteiger partial charge in [0.15, 0.2) is 5.69 Å². The molecular weight excluding hydrogens is 326 g/mol. The second-order valence-corrected chi connectivity index (χ2v) is 4.79. The first kappa shape index (κ1) is 14.0. The lowest BCUT2D eigenvalue weighted by Gasteiger charge is -2.10. The molecule has 0 saturated carbocycles. The van der Waals surface area contributed by atoms with Gasteiger partial charge in [-0.2, -0.15) is 15.0 Å². The van der Waals surface area contributed by atoms with Crippen LogP contribution in [-0.4, -0.2) is 20.9 Å². The number of hydrogen-bond donors (Lipinski definition) is 1. The number of aromatic nitrogens is 2. The van der Waals surface area contributed by atoms with E-state index in [2.05, 4.69) is 21.0 Å². The molecule has 1 heterocycles. The molecule has 100 valence electrons. The van der Waals surface area contributed by atoms with Gasteiger partial charge in [0, 0.05) is 10.0 Å². The van der Waals surface area contributed by atoms with E-state index in [1.165, 1.54) is 6.92 Å². The number of halogens is 1. The summed E-state index contributed by atoms with van der Waals surface area (Å²) in [6.45, 7) is 1.39. The molecule has 1 aromatic heterocycles. The molecule has 2 aromatic rings. The first-order chi connectivity index (χ1) is 9.47. The fourth-order valence-corrected chi connectivity index (χ4v) is 2.18. The summed E-state index contributed by atoms with van der Waals surface area (Å²) in [6, 6.07) is 8.45. The van der Waals surface area contributed by atoms with E-state index in [0.717, 1.165) is 4.68 Å². The molecule has 0 aliphatic rings. The van der Waals surface area contributed by atoms with Gasteiger partial charge >= 0.3 is 5.97 Å². The average molecular weight is 334 g/mol. The molecule has 1 N–H and O–H groups in total. The summed E-state index contributed by atoms with van der Waals surface area (Å²) in [5.74, 6) is -1.29. The number of benzene rings is 1. The van der Waals surface area contributed by atoms with Crippen molar-refractivity contribution in [1.82, 2.24) is 9.78 Å². The molecule has 2 rings (SSSR count). The Labute approximate surface area is 122 Å². The molecule has 0 fully saturated rings. The van der Waals surface area contributed by atoms with E-state index >= 15 is 0 Å². The lowest BCUT2D eigenvalue weighted by Crippen LogP contribution is -2.28. The zero-order valence-corrected chi connectivity index (χ0v) is 11.9. The SMILES string of the molecule is Cc1c(C(=O)O)nn(-c2ccccc2Br)c(=O)c1C#N. The molecule has 0 bridgehead atoms. The van der Waals surface area contributed by atoms with Crippen LogP contribution >= 0.6 is 15.9 Å². The van der Waals surface area contributed by atoms with Gasteiger partial charge in [-0.1, -0.05) is 12.1 Å². The van der Waals surface area contributed by atoms with E-state index in [1.807, 2.05) is 0 Å². The number of nitrogens with zero attached hydrogens (tertiary/aromatic N) is 3. The standard InChI is InChI=1S/C13H8BrN3O3/c1-7-8(6-15)12(18)17(16-11(7)13(19)20)10-5-3-2-4-9(10)14/h2-5H,1H3,(H,19,20). The van der Waals surface area contributed by atoms with Crippen molar-refractivity contribution in [2.45, 2.75) is 6.92 Å². The molecule has 0 spiro atoms. The molecule has 1 aromatic carbocycles. The van der Waals surface area contributed by atoms with Gasteiger partial charge in [0.25, 0.3) is 5.56 Å². The normalized spacial score (nSPS) is 10.1. The number of carboxylic acid groups (broad SMARTS) is 1. The second kappa shape index (κ2) is 5.27. The first-order valence-electron chi connectivity index (χ1n) is 5.49. The minimum atomic E-state index is -1.29. The fraction of sp³-hybridized carbons (Fsp3) is 0.0769. The summed E-state index contributed by atoms with van der Waals surface area (Å²) < 4.78 is 1.48. The second-order valence-electron chi connectivity index (χ2n) is 3.93. The van der Waals surface area contributed by atoms with Crippen LogP contribution in [0.1, 0.15) is 21.6 Å². The van der Waals surface area contributed by atoms with E-state index in [9.17, 15) is 9.59 Å². The van der Waals surface area contributed by atoms with Crippen LogP contribution in [0.5, 0.6) is 0 Å². The number of nitriles is 1. The monoisotopic (exact) mass is 333 g/mol. The summed E-state index contributed by atoms with van der Waals surface area (Å²) in [4.78, 5) is 23.4. The first-order valence-corrected chi connectivity index (χ1v) is 6.29. The smallest absolute Gasteiger partial charge is 0.356 e. The van der Waals surface area contributed by atoms with Crippen molar-refractivity contribution in [3.8, 4) is 11.8 Å². The Balaban J connectivity index is 2.89. The molecule has 0 unspecified atom stereocenters. The van der Waals surface area contributed by atoms with Crippen molar-refractivity contribution >= 4 is 21.9 Å². The highest BCUT2D eigenvalue weighted by atomic mass is 79.9. The summed E-state index contributed by atoms with van der Waals surface area (Å²) in [5, 5.41) is 22.0. The Morgan fingerprint density at radius 1 is 1.45 bits per heavy atom. The zero-order valence-electron chi connectivity index (χ0n) is 10.3. The van der Waals surface area contributed by atoms with Crippen LogP contribution in [0.3, 0.4) is 0 Å². The van der Waals surface area contributed by atoms with Crippen molar-refractivity contribution in [3.05, 3.63) is 55.9 Å². The molecule has 6 nitrogen and oxygen atoms in total. The predicted molar refractivity (Wildman–Crippen MR) is 73.9 cm³/mol. The highest BCUT2D eigenvalue weighted by molar-refractivity contribution is 9.10. The van der Waals surface area contributed by atoms with E-state index in [4.69, 9.17) is 10.4 Å². The lowest BCUT2D eigenvalue weighted by molar-refractivity contribution is 0.0687. The van der Waals surface area contributed by atoms with Gasteiger partial charge in [0.2, 0.25) is 0 Å². The summed E-state index contributed by atoms with van der Waals surface area (Å²) in [7, 11) is 0. The summed E-state index contributed by atoms with van der Waals surface area (Å²) in [6.07, 6.45) is 0. The molecule has 0 saturated heterocycles. The third-order valence-electron chi connectivity index (χ3n) is 2.73. The molecule has 0 radical (unpaired) electrons. The number of carboxylic acids is 1. The van der Waals surface area contributed by atoms with E-state index in [1.54, 1.807) is 30.3 Å². The van der Waals surface area contributed by atoms with E-state index in [0.29, 0.717) is 10.2 Å². The average Bonchev–Trinajstić information content (AvgIpc) is 2.40. The zero-order chi connectivity index (χ0) is 14.9. The van der Waals surface area contributed by atoms with Gasteiger partial charge < -0.3 is 5.11 Å². The topological polar surface area (TPSA) is 96.0 Å². The molecule has 20 heavy (non-hydrogen) atoms. The van der Waals surface area contributed by atoms with Crippen molar-refractivity contribution in [2.75, 3.05) is 0 Å². The number of hydrogen-bond acceptors (Lipinski definition) is 4. The largest absolute Gasteiger partial charge is 0.476 e. The van der Waals surface area contributed by atoms with Gasteiger partial charge in [-0.05, 0) is 35.0 Å². The van der Waals surface area contributed by atoms with Gasteiger partial charge in [-0.15, -0.1) is 0 Å². The molecule has 0 amide bonds. The summed E-state index contributed by atoms with van der Waals surface area (Å²) in [5.41, 5.74) is -0.767. The van der Waals surface area contributed by atoms with Gasteiger partial charge in [0.1, 0.15) is 11.6 Å². The molecular formula is C13H8BrN3O3. The number of carbonyl (C=O) groups is 1. The van der Waals surface area contributed by atoms with Crippen molar-refractivity contribution in [3.63, 3.8) is 0 Å². The highest BCUT2D eigenvalue weighted by Crippen LogP contribution is 2.19. The third kappa shape index (κ3) is 2.21. The maximum Gasteiger partial charge on any atom is 0.356 e. The Kier molecular flexibility index (Phi) is 3.68. The minimum Gasteiger partial charge on any atom is -0.476 e. The Morgan fingerprint density at radius 3 is 2.65 bits per heavy atom. The van der Waals surface area contributed by atoms with Crippen LogP contribution in [0.4, 0.5) is 0 Å². The summed E-state index contributed by atoms with van der Waals surface area (Å²) >= 11 is 3.26. The maximum absolute atomic E-state index is 12.2. The van der Waals surface area contributed by atoms with Crippen LogP contribution in [-0.2, 0) is 0 Å². The van der Waals surface area contributed by atoms with E-state index in [-0.39, 0.29) is 16.8 Å². The van der Waals surface area contributed by atoms with Gasteiger partial charge in [0.05, 0.1) is 5.69 Å². The molecule has 0 aliphatic heterocycles. The Hall–Kier alpha value is -2.46. The minimum absolute atomic E-state index is 0.0632. The quantitative estimate of drug-likeness (QED) is 0.904. The lowest BCUT2D eigenvalue weighted by atomic mass is 10.1. The van der Waals surface area contributed by atoms with Crippen molar-refractivity contribution < 1.29 is 9.90 Å². The number of rotatable bonds is 2. The van der Waals surface area contributed by atoms with Crippen molar-refractivity contribution in [2.24, 2.45) is 0 Å². The maximum atomic E-state index is 12.2. The van der Waals surface area contributed by atoms with Crippen LogP contribution < -0.4 is 5.56 Å². The van der Waals surface area contributed by atoms with Crippen LogP contribution in [0, 0.1) is 18.3 Å². The number of aromatic carboxylic acids is 1.